The minimum atomic E-state index is -0.422. The van der Waals surface area contributed by atoms with Gasteiger partial charge in [-0.2, -0.15) is 0 Å². The molecule has 2 amide bonds. The van der Waals surface area contributed by atoms with Crippen molar-refractivity contribution in [1.82, 2.24) is 4.90 Å². The van der Waals surface area contributed by atoms with E-state index in [1.165, 1.54) is 11.8 Å². The van der Waals surface area contributed by atoms with Crippen molar-refractivity contribution in [2.75, 3.05) is 5.32 Å². The summed E-state index contributed by atoms with van der Waals surface area (Å²) >= 11 is 1.41. The number of nitrogens with one attached hydrogen (secondary N) is 1. The molecule has 0 spiro atoms. The van der Waals surface area contributed by atoms with E-state index < -0.39 is 5.25 Å². The third kappa shape index (κ3) is 4.12. The number of carbonyl (C=O) groups is 2. The van der Waals surface area contributed by atoms with Crippen LogP contribution in [-0.4, -0.2) is 33.2 Å². The molecule has 2 aromatic rings. The van der Waals surface area contributed by atoms with E-state index in [9.17, 15) is 9.59 Å². The zero-order valence-electron chi connectivity index (χ0n) is 16.0. The van der Waals surface area contributed by atoms with Crippen molar-refractivity contribution in [3.05, 3.63) is 59.7 Å². The summed E-state index contributed by atoms with van der Waals surface area (Å²) < 4.78 is 0. The number of para-hydroxylation sites is 1. The van der Waals surface area contributed by atoms with Gasteiger partial charge in [0.15, 0.2) is 5.17 Å². The fraction of sp³-hybridized carbons (Fsp3) is 0.318. The molecule has 1 saturated heterocycles. The standard InChI is InChI=1S/C22H23N3O2S/c1-14-7-9-16(10-8-14)23-20(26)13-19-21(27)25(17-11-12-17)22(28-19)24-18-6-4-3-5-15(18)2/h3-10,17,19H,11-13H2,1-2H3,(H,23,26)/t19-/m0/s1. The zero-order valence-corrected chi connectivity index (χ0v) is 16.8. The Hall–Kier alpha value is -2.60. The van der Waals surface area contributed by atoms with E-state index >= 15 is 0 Å². The highest BCUT2D eigenvalue weighted by atomic mass is 32.2. The molecular weight excluding hydrogens is 370 g/mol. The maximum absolute atomic E-state index is 12.9. The quantitative estimate of drug-likeness (QED) is 0.818. The molecule has 28 heavy (non-hydrogen) atoms. The Morgan fingerprint density at radius 1 is 1.14 bits per heavy atom. The topological polar surface area (TPSA) is 61.8 Å². The van der Waals surface area contributed by atoms with Crippen LogP contribution in [0.1, 0.15) is 30.4 Å². The first-order chi connectivity index (χ1) is 13.5. The number of anilines is 1. The Balaban J connectivity index is 1.49. The van der Waals surface area contributed by atoms with Gasteiger partial charge in [-0.3, -0.25) is 14.5 Å². The molecule has 2 aliphatic rings. The van der Waals surface area contributed by atoms with Crippen LogP contribution in [0.25, 0.3) is 0 Å². The molecule has 1 aliphatic carbocycles. The number of hydrogen-bond acceptors (Lipinski definition) is 4. The Labute approximate surface area is 169 Å². The number of hydrogen-bond donors (Lipinski definition) is 1. The fourth-order valence-electron chi connectivity index (χ4n) is 3.17. The van der Waals surface area contributed by atoms with Gasteiger partial charge in [0.05, 0.1) is 5.69 Å². The lowest BCUT2D eigenvalue weighted by atomic mass is 10.2. The highest BCUT2D eigenvalue weighted by Gasteiger charge is 2.46. The van der Waals surface area contributed by atoms with Crippen molar-refractivity contribution >= 4 is 40.1 Å². The molecule has 2 aromatic carbocycles. The molecule has 1 heterocycles. The SMILES string of the molecule is Cc1ccc(NC(=O)C[C@@H]2SC(=Nc3ccccc3C)N(C3CC3)C2=O)cc1. The molecule has 0 aromatic heterocycles. The van der Waals surface area contributed by atoms with Gasteiger partial charge < -0.3 is 5.32 Å². The van der Waals surface area contributed by atoms with E-state index in [2.05, 4.69) is 5.32 Å². The average molecular weight is 394 g/mol. The number of carbonyl (C=O) groups excluding carboxylic acids is 2. The van der Waals surface area contributed by atoms with Gasteiger partial charge in [-0.1, -0.05) is 47.7 Å². The molecule has 5 nitrogen and oxygen atoms in total. The van der Waals surface area contributed by atoms with E-state index in [4.69, 9.17) is 4.99 Å². The van der Waals surface area contributed by atoms with Gasteiger partial charge in [-0.05, 0) is 50.5 Å². The minimum absolute atomic E-state index is 0.00103. The molecule has 0 bridgehead atoms. The summed E-state index contributed by atoms with van der Waals surface area (Å²) in [5.74, 6) is -0.151. The number of nitrogens with zero attached hydrogens (tertiary/aromatic N) is 2. The number of benzene rings is 2. The van der Waals surface area contributed by atoms with E-state index in [1.54, 1.807) is 4.90 Å². The Morgan fingerprint density at radius 3 is 2.54 bits per heavy atom. The maximum Gasteiger partial charge on any atom is 0.242 e. The third-order valence-corrected chi connectivity index (χ3v) is 6.07. The molecular formula is C22H23N3O2S. The van der Waals surface area contributed by atoms with Crippen LogP contribution in [0.15, 0.2) is 53.5 Å². The van der Waals surface area contributed by atoms with E-state index in [0.29, 0.717) is 0 Å². The Kier molecular flexibility index (Phi) is 5.22. The van der Waals surface area contributed by atoms with Crippen LogP contribution >= 0.6 is 11.8 Å². The van der Waals surface area contributed by atoms with Crippen LogP contribution in [0.2, 0.25) is 0 Å². The van der Waals surface area contributed by atoms with E-state index in [1.807, 2.05) is 62.4 Å². The number of amidine groups is 1. The number of rotatable bonds is 5. The van der Waals surface area contributed by atoms with Gasteiger partial charge >= 0.3 is 0 Å². The number of aliphatic imine (C=N–C) groups is 1. The monoisotopic (exact) mass is 393 g/mol. The molecule has 1 aliphatic heterocycles. The summed E-state index contributed by atoms with van der Waals surface area (Å²) in [6.45, 7) is 4.01. The van der Waals surface area contributed by atoms with Gasteiger partial charge in [0.1, 0.15) is 5.25 Å². The second-order valence-electron chi connectivity index (χ2n) is 7.35. The van der Waals surface area contributed by atoms with Crippen LogP contribution in [-0.2, 0) is 9.59 Å². The molecule has 1 atom stereocenters. The lowest BCUT2D eigenvalue weighted by molar-refractivity contribution is -0.128. The van der Waals surface area contributed by atoms with Crippen molar-refractivity contribution < 1.29 is 9.59 Å². The van der Waals surface area contributed by atoms with Crippen molar-refractivity contribution in [3.8, 4) is 0 Å². The second-order valence-corrected chi connectivity index (χ2v) is 8.51. The van der Waals surface area contributed by atoms with Gasteiger partial charge in [0.2, 0.25) is 11.8 Å². The van der Waals surface area contributed by atoms with Crippen LogP contribution in [0, 0.1) is 13.8 Å². The molecule has 2 fully saturated rings. The molecule has 1 saturated carbocycles. The number of aryl methyl sites for hydroxylation is 2. The van der Waals surface area contributed by atoms with Gasteiger partial charge in [0, 0.05) is 18.2 Å². The summed E-state index contributed by atoms with van der Waals surface area (Å²) in [6.07, 6.45) is 2.15. The van der Waals surface area contributed by atoms with Gasteiger partial charge in [-0.25, -0.2) is 4.99 Å². The maximum atomic E-state index is 12.9. The Morgan fingerprint density at radius 2 is 1.86 bits per heavy atom. The lowest BCUT2D eigenvalue weighted by Gasteiger charge is -2.15. The number of amides is 2. The summed E-state index contributed by atoms with van der Waals surface area (Å²) in [4.78, 5) is 32.0. The predicted molar refractivity (Wildman–Crippen MR) is 114 cm³/mol. The summed E-state index contributed by atoms with van der Waals surface area (Å²) in [7, 11) is 0. The first-order valence-electron chi connectivity index (χ1n) is 9.52. The molecule has 0 radical (unpaired) electrons. The number of thioether (sulfide) groups is 1. The minimum Gasteiger partial charge on any atom is -0.326 e. The molecule has 1 N–H and O–H groups in total. The first-order valence-corrected chi connectivity index (χ1v) is 10.4. The van der Waals surface area contributed by atoms with Crippen molar-refractivity contribution in [2.45, 2.75) is 44.4 Å². The van der Waals surface area contributed by atoms with Crippen molar-refractivity contribution in [1.29, 1.82) is 0 Å². The molecule has 0 unspecified atom stereocenters. The molecule has 144 valence electrons. The van der Waals surface area contributed by atoms with Crippen LogP contribution in [0.4, 0.5) is 11.4 Å². The fourth-order valence-corrected chi connectivity index (χ4v) is 4.38. The van der Waals surface area contributed by atoms with E-state index in [0.717, 1.165) is 40.5 Å². The van der Waals surface area contributed by atoms with Crippen LogP contribution < -0.4 is 5.32 Å². The van der Waals surface area contributed by atoms with Crippen molar-refractivity contribution in [3.63, 3.8) is 0 Å². The van der Waals surface area contributed by atoms with Crippen molar-refractivity contribution in [2.24, 2.45) is 4.99 Å². The summed E-state index contributed by atoms with van der Waals surface area (Å²) in [5, 5.41) is 3.18. The normalized spacial score (nSPS) is 20.6. The third-order valence-electron chi connectivity index (χ3n) is 4.92. The van der Waals surface area contributed by atoms with E-state index in [-0.39, 0.29) is 24.3 Å². The van der Waals surface area contributed by atoms with Crippen LogP contribution in [0.3, 0.4) is 0 Å². The van der Waals surface area contributed by atoms with Gasteiger partial charge in [0.25, 0.3) is 0 Å². The predicted octanol–water partition coefficient (Wildman–Crippen LogP) is 4.43. The Bertz CT molecular complexity index is 935. The smallest absolute Gasteiger partial charge is 0.242 e. The highest BCUT2D eigenvalue weighted by Crippen LogP contribution is 2.39. The van der Waals surface area contributed by atoms with Crippen LogP contribution in [0.5, 0.6) is 0 Å². The average Bonchev–Trinajstić information content (AvgIpc) is 3.45. The summed E-state index contributed by atoms with van der Waals surface area (Å²) in [5.41, 5.74) is 3.82. The molecule has 4 rings (SSSR count). The van der Waals surface area contributed by atoms with Gasteiger partial charge in [-0.15, -0.1) is 0 Å². The second kappa shape index (κ2) is 7.80. The first kappa shape index (κ1) is 18.7. The largest absolute Gasteiger partial charge is 0.326 e. The lowest BCUT2D eigenvalue weighted by Crippen LogP contribution is -2.35. The zero-order chi connectivity index (χ0) is 19.7. The molecule has 6 heteroatoms. The highest BCUT2D eigenvalue weighted by molar-refractivity contribution is 8.15. The summed E-state index contributed by atoms with van der Waals surface area (Å²) in [6, 6.07) is 15.8.